The van der Waals surface area contributed by atoms with Crippen LogP contribution >= 0.6 is 7.60 Å². The Morgan fingerprint density at radius 3 is 2.44 bits per heavy atom. The molecule has 56 valence electrons. The minimum absolute atomic E-state index is 0.207. The minimum atomic E-state index is -3.84. The third-order valence-electron chi connectivity index (χ3n) is 0.577. The smallest absolute Gasteiger partial charge is 0.340 e. The highest BCUT2D eigenvalue weighted by Gasteiger charge is 2.15. The first kappa shape index (κ1) is 9.26. The lowest BCUT2D eigenvalue weighted by Crippen LogP contribution is -1.94. The van der Waals surface area contributed by atoms with Crippen molar-refractivity contribution >= 4 is 19.0 Å². The highest BCUT2D eigenvalue weighted by molar-refractivity contribution is 7.80. The Morgan fingerprint density at radius 2 is 2.33 bits per heavy atom. The zero-order valence-corrected chi connectivity index (χ0v) is 6.35. The number of rotatable bonds is 3. The Morgan fingerprint density at radius 1 is 1.89 bits per heavy atom. The molecule has 1 N–H and O–H groups in total. The fourth-order valence-corrected chi connectivity index (χ4v) is 1.33. The molecule has 0 aromatic carbocycles. The molecule has 0 fully saturated rings. The van der Waals surface area contributed by atoms with Gasteiger partial charge in [0.05, 0.1) is 11.4 Å². The predicted octanol–water partition coefficient (Wildman–Crippen LogP) is 0.00240. The zero-order chi connectivity index (χ0) is 7.49. The lowest BCUT2D eigenvalue weighted by atomic mass is 11.0. The molecule has 0 aromatic heterocycles. The van der Waals surface area contributed by atoms with E-state index >= 15 is 0 Å². The van der Waals surface area contributed by atoms with E-state index in [1.807, 2.05) is 0 Å². The summed E-state index contributed by atoms with van der Waals surface area (Å²) in [6.45, 7) is 1.35. The van der Waals surface area contributed by atoms with Crippen molar-refractivity contribution in [2.24, 2.45) is 0 Å². The Kier molecular flexibility index (Phi) is 3.53. The molecule has 0 aromatic rings. The molecule has 2 atom stereocenters. The molecule has 0 radical (unpaired) electrons. The maximum absolute atomic E-state index is 10.3. The normalized spacial score (nSPS) is 20.8. The van der Waals surface area contributed by atoms with Crippen LogP contribution in [0.3, 0.4) is 0 Å². The van der Waals surface area contributed by atoms with Crippen LogP contribution < -0.4 is 0 Å². The van der Waals surface area contributed by atoms with Crippen LogP contribution in [-0.4, -0.2) is 19.8 Å². The zero-order valence-electron chi connectivity index (χ0n) is 4.64. The fraction of sp³-hybridized carbons (Fsp3) is 1.00. The van der Waals surface area contributed by atoms with Gasteiger partial charge in [-0.3, -0.25) is 4.57 Å². The standard InChI is InChI=1S/C2H7O5PS/c1-2-8(3,4)7-9(5)6/h2H2,1H3,(H,3,4)(H,5,6)/p-1. The molecule has 9 heavy (non-hydrogen) atoms. The summed E-state index contributed by atoms with van der Waals surface area (Å²) in [5.74, 6) is 0. The second-order valence-electron chi connectivity index (χ2n) is 1.23. The van der Waals surface area contributed by atoms with Crippen molar-refractivity contribution in [2.45, 2.75) is 6.92 Å². The van der Waals surface area contributed by atoms with Crippen molar-refractivity contribution in [2.75, 3.05) is 6.16 Å². The molecule has 0 aliphatic carbocycles. The molecule has 5 nitrogen and oxygen atoms in total. The molecule has 0 saturated carbocycles. The summed E-state index contributed by atoms with van der Waals surface area (Å²) in [5, 5.41) is 0. The largest absolute Gasteiger partial charge is 0.749 e. The second kappa shape index (κ2) is 3.43. The van der Waals surface area contributed by atoms with Crippen LogP contribution in [0.15, 0.2) is 0 Å². The van der Waals surface area contributed by atoms with Gasteiger partial charge in [0.25, 0.3) is 0 Å². The molecule has 0 rings (SSSR count). The third-order valence-corrected chi connectivity index (χ3v) is 2.79. The Labute approximate surface area is 55.1 Å². The van der Waals surface area contributed by atoms with E-state index in [4.69, 9.17) is 4.89 Å². The van der Waals surface area contributed by atoms with Crippen molar-refractivity contribution < 1.29 is 22.2 Å². The van der Waals surface area contributed by atoms with Crippen LogP contribution in [0.2, 0.25) is 0 Å². The second-order valence-corrected chi connectivity index (χ2v) is 4.14. The maximum Gasteiger partial charge on any atom is 0.340 e. The van der Waals surface area contributed by atoms with Gasteiger partial charge in [-0.05, 0) is 0 Å². The van der Waals surface area contributed by atoms with Crippen molar-refractivity contribution in [1.29, 1.82) is 0 Å². The molecule has 0 aliphatic rings. The summed E-state index contributed by atoms with van der Waals surface area (Å²) in [5.41, 5.74) is 0. The van der Waals surface area contributed by atoms with Gasteiger partial charge in [-0.15, -0.1) is 0 Å². The van der Waals surface area contributed by atoms with Crippen LogP contribution in [0.25, 0.3) is 0 Å². The van der Waals surface area contributed by atoms with E-state index in [1.54, 1.807) is 0 Å². The van der Waals surface area contributed by atoms with Gasteiger partial charge < -0.3 is 9.45 Å². The molecule has 7 heteroatoms. The van der Waals surface area contributed by atoms with E-state index in [2.05, 4.69) is 3.97 Å². The molecular formula is C2H6O5PS-. The summed E-state index contributed by atoms with van der Waals surface area (Å²) in [7, 11) is -3.84. The van der Waals surface area contributed by atoms with Crippen LogP contribution in [0.4, 0.5) is 0 Å². The Hall–Kier alpha value is 0.260. The van der Waals surface area contributed by atoms with Crippen LogP contribution in [0.1, 0.15) is 6.92 Å². The predicted molar refractivity (Wildman–Crippen MR) is 30.4 cm³/mol. The topological polar surface area (TPSA) is 86.7 Å². The summed E-state index contributed by atoms with van der Waals surface area (Å²) in [4.78, 5) is 8.43. The summed E-state index contributed by atoms with van der Waals surface area (Å²) in [6, 6.07) is 0. The average molecular weight is 173 g/mol. The van der Waals surface area contributed by atoms with Crippen molar-refractivity contribution in [3.63, 3.8) is 0 Å². The molecular weight excluding hydrogens is 167 g/mol. The monoisotopic (exact) mass is 173 g/mol. The molecule has 0 spiro atoms. The summed E-state index contributed by atoms with van der Waals surface area (Å²) in [6.07, 6.45) is -0.207. The quantitative estimate of drug-likeness (QED) is 0.479. The Bertz CT molecular complexity index is 155. The lowest BCUT2D eigenvalue weighted by molar-refractivity contribution is 0.365. The lowest BCUT2D eigenvalue weighted by Gasteiger charge is -2.09. The number of hydrogen-bond donors (Lipinski definition) is 1. The summed E-state index contributed by atoms with van der Waals surface area (Å²) >= 11 is -2.90. The van der Waals surface area contributed by atoms with Crippen molar-refractivity contribution in [3.05, 3.63) is 0 Å². The third kappa shape index (κ3) is 4.74. The van der Waals surface area contributed by atoms with Gasteiger partial charge in [0.2, 0.25) is 0 Å². The first-order chi connectivity index (χ1) is 3.98. The van der Waals surface area contributed by atoms with Crippen LogP contribution in [0, 0.1) is 0 Å². The van der Waals surface area contributed by atoms with Crippen molar-refractivity contribution in [1.82, 2.24) is 0 Å². The highest BCUT2D eigenvalue weighted by Crippen LogP contribution is 2.41. The van der Waals surface area contributed by atoms with E-state index in [-0.39, 0.29) is 6.16 Å². The molecule has 0 bridgehead atoms. The van der Waals surface area contributed by atoms with Crippen LogP contribution in [-0.2, 0) is 19.9 Å². The van der Waals surface area contributed by atoms with Crippen LogP contribution in [0.5, 0.6) is 0 Å². The molecule has 0 amide bonds. The SMILES string of the molecule is CCP(=O)(O)OS(=O)[O-]. The first-order valence-electron chi connectivity index (χ1n) is 2.09. The van der Waals surface area contributed by atoms with E-state index in [1.165, 1.54) is 6.92 Å². The van der Waals surface area contributed by atoms with Gasteiger partial charge >= 0.3 is 7.60 Å². The van der Waals surface area contributed by atoms with E-state index in [9.17, 15) is 13.3 Å². The van der Waals surface area contributed by atoms with Gasteiger partial charge in [0.15, 0.2) is 0 Å². The number of hydrogen-bond acceptors (Lipinski definition) is 4. The molecule has 0 heterocycles. The Balaban J connectivity index is 3.88. The fourth-order valence-electron chi connectivity index (χ4n) is 0.148. The van der Waals surface area contributed by atoms with Gasteiger partial charge in [0.1, 0.15) is 0 Å². The van der Waals surface area contributed by atoms with E-state index < -0.39 is 19.0 Å². The summed E-state index contributed by atoms with van der Waals surface area (Å²) < 4.78 is 33.2. The van der Waals surface area contributed by atoms with E-state index in [0.717, 1.165) is 0 Å². The average Bonchev–Trinajstić information content (AvgIpc) is 1.63. The minimum Gasteiger partial charge on any atom is -0.749 e. The molecule has 0 saturated heterocycles. The first-order valence-corrected chi connectivity index (χ1v) is 4.85. The van der Waals surface area contributed by atoms with Gasteiger partial charge in [-0.2, -0.15) is 0 Å². The molecule has 2 unspecified atom stereocenters. The van der Waals surface area contributed by atoms with Gasteiger partial charge in [-0.1, -0.05) is 6.92 Å². The highest BCUT2D eigenvalue weighted by atomic mass is 32.2. The van der Waals surface area contributed by atoms with Gasteiger partial charge in [-0.25, -0.2) is 8.18 Å². The van der Waals surface area contributed by atoms with Crippen molar-refractivity contribution in [3.8, 4) is 0 Å². The van der Waals surface area contributed by atoms with E-state index in [0.29, 0.717) is 0 Å². The van der Waals surface area contributed by atoms with Gasteiger partial charge in [0, 0.05) is 6.16 Å². The maximum atomic E-state index is 10.3. The molecule has 0 aliphatic heterocycles.